The summed E-state index contributed by atoms with van der Waals surface area (Å²) in [7, 11) is 0. The minimum absolute atomic E-state index is 0.0440. The molecule has 9 heteroatoms. The van der Waals surface area contributed by atoms with Gasteiger partial charge in [0.05, 0.1) is 62.3 Å². The second kappa shape index (κ2) is 29.6. The van der Waals surface area contributed by atoms with Crippen LogP contribution in [0.15, 0.2) is 406 Å². The van der Waals surface area contributed by atoms with Crippen LogP contribution in [0, 0.1) is 73.0 Å². The fourth-order valence-electron chi connectivity index (χ4n) is 22.7. The zero-order valence-electron chi connectivity index (χ0n) is 72.1. The molecule has 0 radical (unpaired) electrons. The number of para-hydroxylation sites is 3. The van der Waals surface area contributed by atoms with Gasteiger partial charge in [-0.1, -0.05) is 271 Å². The third-order valence-electron chi connectivity index (χ3n) is 28.3. The van der Waals surface area contributed by atoms with Crippen molar-refractivity contribution in [3.05, 3.63) is 528 Å². The van der Waals surface area contributed by atoms with Gasteiger partial charge < -0.3 is 19.6 Å². The summed E-state index contributed by atoms with van der Waals surface area (Å²) in [5.74, 6) is -0.0440. The lowest BCUT2D eigenvalue weighted by Gasteiger charge is -2.49. The lowest BCUT2D eigenvalue weighted by atomic mass is 9.56. The molecule has 0 unspecified atom stereocenters. The maximum Gasteiger partial charge on any atom is 0.193 e. The van der Waals surface area contributed by atoms with Gasteiger partial charge >= 0.3 is 0 Å². The molecule has 0 N–H and O–H groups in total. The molecule has 18 aromatic carbocycles. The Bertz CT molecular complexity index is 7760. The molecular weight excluding hydrogens is 1590 g/mol. The van der Waals surface area contributed by atoms with E-state index in [1.807, 2.05) is 42.5 Å². The van der Waals surface area contributed by atoms with Crippen LogP contribution >= 0.6 is 0 Å². The van der Waals surface area contributed by atoms with E-state index >= 15 is 4.79 Å². The van der Waals surface area contributed by atoms with E-state index in [1.165, 1.54) is 0 Å². The number of allylic oxidation sites excluding steroid dienone is 1. The molecule has 0 amide bonds. The zero-order chi connectivity index (χ0) is 88.3. The van der Waals surface area contributed by atoms with Gasteiger partial charge in [-0.15, -0.1) is 0 Å². The van der Waals surface area contributed by atoms with Gasteiger partial charge in [0.2, 0.25) is 0 Å². The van der Waals surface area contributed by atoms with Crippen molar-refractivity contribution in [3.8, 4) is 68.8 Å². The fraction of sp³-hybridized carbons (Fsp3) is 0.0574. The van der Waals surface area contributed by atoms with Crippen LogP contribution < -0.4 is 19.6 Å². The predicted octanol–water partition coefficient (Wildman–Crippen LogP) is 29.3. The van der Waals surface area contributed by atoms with Crippen LogP contribution in [0.3, 0.4) is 0 Å². The maximum atomic E-state index is 15.6. The topological polar surface area (TPSA) is 125 Å². The number of anilines is 12. The Kier molecular flexibility index (Phi) is 17.4. The predicted molar refractivity (Wildman–Crippen MR) is 525 cm³/mol. The Hall–Kier alpha value is -17.5. The van der Waals surface area contributed by atoms with Crippen molar-refractivity contribution in [1.29, 1.82) is 21.0 Å². The van der Waals surface area contributed by atoms with E-state index in [4.69, 9.17) is 0 Å². The smallest absolute Gasteiger partial charge is 0.193 e. The molecule has 0 saturated heterocycles. The van der Waals surface area contributed by atoms with Crippen LogP contribution in [0.4, 0.5) is 68.2 Å². The average molecular weight is 1670 g/mol. The molecule has 2 aliphatic heterocycles. The van der Waals surface area contributed by atoms with Crippen molar-refractivity contribution in [3.63, 3.8) is 0 Å². The molecule has 6 aliphatic rings. The van der Waals surface area contributed by atoms with Gasteiger partial charge in [0.15, 0.2) is 5.78 Å². The van der Waals surface area contributed by atoms with Gasteiger partial charge in [-0.25, -0.2) is 0 Å². The normalized spacial score (nSPS) is 13.8. The Morgan fingerprint density at radius 1 is 0.252 bits per heavy atom. The summed E-state index contributed by atoms with van der Waals surface area (Å²) in [5.41, 5.74) is 37.0. The number of hydrogen-bond donors (Lipinski definition) is 0. The quantitative estimate of drug-likeness (QED) is 0.123. The summed E-state index contributed by atoms with van der Waals surface area (Å²) in [4.78, 5) is 25.1. The van der Waals surface area contributed by atoms with Crippen LogP contribution in [0.25, 0.3) is 50.1 Å². The first-order valence-electron chi connectivity index (χ1n) is 44.4. The van der Waals surface area contributed by atoms with E-state index < -0.39 is 16.2 Å². The van der Waals surface area contributed by atoms with Crippen molar-refractivity contribution in [2.24, 2.45) is 0 Å². The summed E-state index contributed by atoms with van der Waals surface area (Å²) in [6.07, 6.45) is 0. The molecule has 2 heterocycles. The molecule has 9 nitrogen and oxygen atoms in total. The lowest BCUT2D eigenvalue weighted by molar-refractivity contribution is 0.103. The Morgan fingerprint density at radius 2 is 0.626 bits per heavy atom. The fourth-order valence-corrected chi connectivity index (χ4v) is 22.7. The first-order chi connectivity index (χ1) is 64.3. The summed E-state index contributed by atoms with van der Waals surface area (Å²) in [5, 5.41) is 44.7. The van der Waals surface area contributed by atoms with Crippen molar-refractivity contribution in [1.82, 2.24) is 0 Å². The SMILES string of the molecule is Cc1ccc(N(c2ccc(C)cc2)c2ccc3c(c2)C2(c4cc(N(c5ccc(C)cc5)c5ccc(C)cc5)ccc4-3)c3cc(C#N)ccc3-c3c(-c4ccc5c(c4)N(c4ccccc4)c4ccc(-c6ccc(N7c8ccccc8C8(c9ccccc9C(=C(C#N)C#N)c9ccccc98)c8ccccc87)cc6)cc4C54c5ccccc5C(=O)c5ccccc54)cc(C#N)cc32)cc1. The number of benzene rings is 18. The van der Waals surface area contributed by atoms with E-state index in [9.17, 15) is 21.0 Å². The van der Waals surface area contributed by atoms with Gasteiger partial charge in [0.1, 0.15) is 17.7 Å². The molecule has 24 rings (SSSR count). The molecule has 4 aliphatic carbocycles. The first kappa shape index (κ1) is 77.1. The van der Waals surface area contributed by atoms with E-state index in [0.717, 1.165) is 213 Å². The van der Waals surface area contributed by atoms with E-state index in [0.29, 0.717) is 27.8 Å². The molecule has 0 fully saturated rings. The second-order valence-electron chi connectivity index (χ2n) is 35.2. The third kappa shape index (κ3) is 11.1. The summed E-state index contributed by atoms with van der Waals surface area (Å²) >= 11 is 0. The van der Waals surface area contributed by atoms with Gasteiger partial charge in [-0.05, 0) is 302 Å². The van der Waals surface area contributed by atoms with Gasteiger partial charge in [0.25, 0.3) is 0 Å². The van der Waals surface area contributed by atoms with E-state index in [2.05, 4.69) is 429 Å². The molecule has 0 saturated carbocycles. The number of fused-ring (bicyclic) bond motifs is 26. The van der Waals surface area contributed by atoms with Crippen LogP contribution in [0.1, 0.15) is 127 Å². The van der Waals surface area contributed by atoms with Crippen LogP contribution in [0.5, 0.6) is 0 Å². The number of nitrogens with zero attached hydrogens (tertiary/aromatic N) is 8. The monoisotopic (exact) mass is 1670 g/mol. The molecule has 0 atom stereocenters. The summed E-state index contributed by atoms with van der Waals surface area (Å²) < 4.78 is 0. The van der Waals surface area contributed by atoms with Gasteiger partial charge in [0, 0.05) is 62.2 Å². The highest BCUT2D eigenvalue weighted by molar-refractivity contribution is 6.15. The van der Waals surface area contributed by atoms with E-state index in [-0.39, 0.29) is 11.4 Å². The second-order valence-corrected chi connectivity index (χ2v) is 35.2. The number of aryl methyl sites for hydroxylation is 4. The number of carbonyl (C=O) groups is 1. The van der Waals surface area contributed by atoms with Gasteiger partial charge in [-0.3, -0.25) is 4.79 Å². The van der Waals surface area contributed by atoms with Crippen molar-refractivity contribution in [2.45, 2.75) is 43.9 Å². The average Bonchev–Trinajstić information content (AvgIpc) is 1.43. The highest BCUT2D eigenvalue weighted by Crippen LogP contribution is 2.69. The molecule has 0 bridgehead atoms. The van der Waals surface area contributed by atoms with E-state index in [1.54, 1.807) is 0 Å². The van der Waals surface area contributed by atoms with Crippen molar-refractivity contribution < 1.29 is 4.79 Å². The van der Waals surface area contributed by atoms with Crippen molar-refractivity contribution >= 4 is 79.6 Å². The largest absolute Gasteiger partial charge is 0.310 e. The summed E-state index contributed by atoms with van der Waals surface area (Å²) in [6, 6.07) is 153. The molecule has 18 aromatic rings. The standard InChI is InChI=1S/C122H78N8O/c1-75-34-47-86(48-35-75)127(87-49-36-76(2)37-50-87)91-57-60-93-94-61-58-92(128(88-51-38-77(3)39-52-88)89-53-40-78(4)41-54-89)70-110(94)122(109(93)69-91)108-65-79(71-123)42-59-97(108)118-100(64-80(72-124)66-112(118)122)83-45-62-107-116(68-83)130(85-20-6-5-7-21-85)115-63-46-82(67-111(115)121(107)103-28-14-10-24-98(103)119(131)99-25-11-15-29-104(99)121)81-43-55-90(56-44-81)129-113-32-18-16-30-105(113)120(106-31-17-19-33-114(106)129)101-26-12-8-22-95(101)117(84(73-125)74-126)96-23-9-13-27-102(96)120/h5-70H,1-4H3. The first-order valence-corrected chi connectivity index (χ1v) is 44.4. The highest BCUT2D eigenvalue weighted by Gasteiger charge is 2.57. The number of carbonyl (C=O) groups excluding carboxylic acids is 1. The van der Waals surface area contributed by atoms with Crippen LogP contribution in [-0.2, 0) is 16.2 Å². The molecule has 612 valence electrons. The number of rotatable bonds is 10. The summed E-state index contributed by atoms with van der Waals surface area (Å²) in [6.45, 7) is 8.48. The third-order valence-corrected chi connectivity index (χ3v) is 28.3. The Balaban J connectivity index is 0.714. The number of hydrogen-bond acceptors (Lipinski definition) is 9. The zero-order valence-corrected chi connectivity index (χ0v) is 72.1. The number of ketones is 1. The molecule has 0 aromatic heterocycles. The maximum absolute atomic E-state index is 15.6. The Labute approximate surface area is 761 Å². The van der Waals surface area contributed by atoms with Crippen LogP contribution in [0.2, 0.25) is 0 Å². The molecule has 3 spiro atoms. The number of nitriles is 4. The molecular formula is C122H78N8O. The lowest BCUT2D eigenvalue weighted by Crippen LogP contribution is -2.42. The molecule has 131 heavy (non-hydrogen) atoms. The van der Waals surface area contributed by atoms with Crippen LogP contribution in [-0.4, -0.2) is 5.78 Å². The minimum Gasteiger partial charge on any atom is -0.310 e. The van der Waals surface area contributed by atoms with Gasteiger partial charge in [-0.2, -0.15) is 21.0 Å². The van der Waals surface area contributed by atoms with Crippen molar-refractivity contribution in [2.75, 3.05) is 19.6 Å². The minimum atomic E-state index is -1.15. The highest BCUT2D eigenvalue weighted by atomic mass is 16.1. The Morgan fingerprint density at radius 3 is 1.12 bits per heavy atom.